The Bertz CT molecular complexity index is 1050. The second-order valence-corrected chi connectivity index (χ2v) is 7.52. The smallest absolute Gasteiger partial charge is 0.312 e. The number of aliphatic carboxylic acids is 1. The number of carboxylic acid groups (broad SMARTS) is 1. The molecule has 0 aliphatic carbocycles. The molecule has 1 amide bonds. The predicted octanol–water partition coefficient (Wildman–Crippen LogP) is 2.76. The van der Waals surface area contributed by atoms with Crippen LogP contribution in [0.1, 0.15) is 22.3 Å². The number of carboxylic acids is 1. The zero-order valence-electron chi connectivity index (χ0n) is 15.9. The van der Waals surface area contributed by atoms with E-state index in [2.05, 4.69) is 4.98 Å². The van der Waals surface area contributed by atoms with Crippen molar-refractivity contribution in [3.05, 3.63) is 78.0 Å². The summed E-state index contributed by atoms with van der Waals surface area (Å²) in [4.78, 5) is 31.1. The Morgan fingerprint density at radius 3 is 2.55 bits per heavy atom. The number of aromatic nitrogens is 1. The SMILES string of the molecule is O=C(c1cccc2cccnc12)N1CC[C@](Cc2ccccc2)(C(=O)O)[C@H](O)C1. The lowest BCUT2D eigenvalue weighted by Gasteiger charge is -2.43. The van der Waals surface area contributed by atoms with E-state index in [9.17, 15) is 19.8 Å². The maximum atomic E-state index is 13.1. The van der Waals surface area contributed by atoms with Crippen LogP contribution in [0.3, 0.4) is 0 Å². The molecule has 1 fully saturated rings. The van der Waals surface area contributed by atoms with Gasteiger partial charge in [-0.2, -0.15) is 0 Å². The van der Waals surface area contributed by atoms with Crippen LogP contribution in [0.2, 0.25) is 0 Å². The number of aliphatic hydroxyl groups excluding tert-OH is 1. The van der Waals surface area contributed by atoms with Gasteiger partial charge in [0.05, 0.1) is 17.2 Å². The van der Waals surface area contributed by atoms with Gasteiger partial charge in [0.1, 0.15) is 5.41 Å². The summed E-state index contributed by atoms with van der Waals surface area (Å²) in [5.41, 5.74) is 0.608. The first-order valence-electron chi connectivity index (χ1n) is 9.60. The molecule has 0 bridgehead atoms. The highest BCUT2D eigenvalue weighted by molar-refractivity contribution is 6.05. The molecule has 2 aromatic carbocycles. The molecule has 4 rings (SSSR count). The number of aliphatic hydroxyl groups is 1. The Labute approximate surface area is 168 Å². The Balaban J connectivity index is 1.59. The Morgan fingerprint density at radius 2 is 1.83 bits per heavy atom. The molecule has 1 saturated heterocycles. The number of nitrogens with zero attached hydrogens (tertiary/aromatic N) is 2. The molecule has 29 heavy (non-hydrogen) atoms. The number of likely N-dealkylation sites (tertiary alicyclic amines) is 1. The van der Waals surface area contributed by atoms with Gasteiger partial charge in [-0.3, -0.25) is 14.6 Å². The number of carbonyl (C=O) groups excluding carboxylic acids is 1. The third-order valence-electron chi connectivity index (χ3n) is 5.80. The quantitative estimate of drug-likeness (QED) is 0.715. The van der Waals surface area contributed by atoms with Crippen LogP contribution in [0.25, 0.3) is 10.9 Å². The van der Waals surface area contributed by atoms with E-state index in [1.165, 1.54) is 4.90 Å². The van der Waals surface area contributed by atoms with Crippen LogP contribution >= 0.6 is 0 Å². The van der Waals surface area contributed by atoms with Crippen molar-refractivity contribution in [2.45, 2.75) is 18.9 Å². The first-order valence-corrected chi connectivity index (χ1v) is 9.60. The van der Waals surface area contributed by atoms with Gasteiger partial charge in [0, 0.05) is 24.7 Å². The third kappa shape index (κ3) is 3.47. The number of hydrogen-bond donors (Lipinski definition) is 2. The van der Waals surface area contributed by atoms with Gasteiger partial charge in [-0.15, -0.1) is 0 Å². The van der Waals surface area contributed by atoms with E-state index in [4.69, 9.17) is 0 Å². The van der Waals surface area contributed by atoms with Gasteiger partial charge in [-0.25, -0.2) is 0 Å². The number of piperidine rings is 1. The molecule has 0 spiro atoms. The fourth-order valence-electron chi connectivity index (χ4n) is 4.10. The van der Waals surface area contributed by atoms with Gasteiger partial charge in [-0.1, -0.05) is 48.5 Å². The fourth-order valence-corrected chi connectivity index (χ4v) is 4.10. The maximum Gasteiger partial charge on any atom is 0.312 e. The van der Waals surface area contributed by atoms with E-state index in [0.29, 0.717) is 11.1 Å². The molecule has 0 unspecified atom stereocenters. The molecule has 1 aliphatic heterocycles. The van der Waals surface area contributed by atoms with Gasteiger partial charge in [0.25, 0.3) is 5.91 Å². The molecule has 1 aromatic heterocycles. The van der Waals surface area contributed by atoms with Crippen LogP contribution in [-0.2, 0) is 11.2 Å². The highest BCUT2D eigenvalue weighted by atomic mass is 16.4. The number of benzene rings is 2. The highest BCUT2D eigenvalue weighted by Gasteiger charge is 2.49. The molecule has 2 heterocycles. The van der Waals surface area contributed by atoms with Crippen LogP contribution < -0.4 is 0 Å². The molecule has 3 aromatic rings. The summed E-state index contributed by atoms with van der Waals surface area (Å²) in [6.45, 7) is 0.236. The number of carbonyl (C=O) groups is 2. The van der Waals surface area contributed by atoms with Gasteiger partial charge in [0.2, 0.25) is 0 Å². The van der Waals surface area contributed by atoms with Crippen molar-refractivity contribution in [2.24, 2.45) is 5.41 Å². The van der Waals surface area contributed by atoms with Gasteiger partial charge >= 0.3 is 5.97 Å². The van der Waals surface area contributed by atoms with Crippen molar-refractivity contribution >= 4 is 22.8 Å². The minimum absolute atomic E-state index is 0.0266. The number of fused-ring (bicyclic) bond motifs is 1. The molecule has 0 radical (unpaired) electrons. The van der Waals surface area contributed by atoms with Crippen LogP contribution in [0.15, 0.2) is 66.9 Å². The van der Waals surface area contributed by atoms with Crippen molar-refractivity contribution in [1.82, 2.24) is 9.88 Å². The van der Waals surface area contributed by atoms with Crippen molar-refractivity contribution in [2.75, 3.05) is 13.1 Å². The van der Waals surface area contributed by atoms with Crippen LogP contribution in [0.5, 0.6) is 0 Å². The minimum Gasteiger partial charge on any atom is -0.481 e. The molecule has 148 valence electrons. The molecule has 0 saturated carbocycles. The van der Waals surface area contributed by atoms with Gasteiger partial charge in [-0.05, 0) is 30.5 Å². The maximum absolute atomic E-state index is 13.1. The third-order valence-corrected chi connectivity index (χ3v) is 5.80. The fraction of sp³-hybridized carbons (Fsp3) is 0.261. The second kappa shape index (κ2) is 7.64. The van der Waals surface area contributed by atoms with Crippen LogP contribution in [0.4, 0.5) is 0 Å². The summed E-state index contributed by atoms with van der Waals surface area (Å²) in [5.74, 6) is -1.28. The molecule has 1 aliphatic rings. The van der Waals surface area contributed by atoms with E-state index < -0.39 is 17.5 Å². The highest BCUT2D eigenvalue weighted by Crippen LogP contribution is 2.36. The Morgan fingerprint density at radius 1 is 1.07 bits per heavy atom. The zero-order valence-corrected chi connectivity index (χ0v) is 15.9. The number of pyridine rings is 1. The van der Waals surface area contributed by atoms with Crippen LogP contribution in [-0.4, -0.2) is 51.2 Å². The number of para-hydroxylation sites is 1. The normalized spacial score (nSPS) is 21.8. The van der Waals surface area contributed by atoms with Crippen molar-refractivity contribution in [3.63, 3.8) is 0 Å². The van der Waals surface area contributed by atoms with E-state index in [1.54, 1.807) is 18.3 Å². The summed E-state index contributed by atoms with van der Waals surface area (Å²) >= 11 is 0. The van der Waals surface area contributed by atoms with E-state index in [1.807, 2.05) is 48.5 Å². The zero-order chi connectivity index (χ0) is 20.4. The molecule has 2 N–H and O–H groups in total. The van der Waals surface area contributed by atoms with Crippen LogP contribution in [0, 0.1) is 5.41 Å². The lowest BCUT2D eigenvalue weighted by atomic mass is 9.71. The average molecular weight is 390 g/mol. The molecule has 6 heteroatoms. The number of amides is 1. The summed E-state index contributed by atoms with van der Waals surface area (Å²) < 4.78 is 0. The molecular formula is C23H22N2O4. The predicted molar refractivity (Wildman–Crippen MR) is 108 cm³/mol. The van der Waals surface area contributed by atoms with Gasteiger partial charge < -0.3 is 15.1 Å². The Kier molecular flexibility index (Phi) is 5.03. The minimum atomic E-state index is -1.31. The van der Waals surface area contributed by atoms with Gasteiger partial charge in [0.15, 0.2) is 0 Å². The van der Waals surface area contributed by atoms with E-state index in [0.717, 1.165) is 10.9 Å². The molecular weight excluding hydrogens is 368 g/mol. The number of hydrogen-bond acceptors (Lipinski definition) is 4. The summed E-state index contributed by atoms with van der Waals surface area (Å²) in [6.07, 6.45) is 0.880. The standard InChI is InChI=1S/C23H22N2O4/c26-19-15-25(21(27)18-10-4-8-17-9-5-12-24-20(17)18)13-11-23(19,22(28)29)14-16-6-2-1-3-7-16/h1-10,12,19,26H,11,13-15H2,(H,28,29)/t19-,23-/m1/s1. The summed E-state index contributed by atoms with van der Waals surface area (Å²) in [5, 5.41) is 21.6. The van der Waals surface area contributed by atoms with Crippen molar-refractivity contribution in [3.8, 4) is 0 Å². The summed E-state index contributed by atoms with van der Waals surface area (Å²) in [7, 11) is 0. The number of β-amino-alcohol motifs (C(OH)–C–C–N with tert-alkyl or cyclic N) is 1. The molecule has 6 nitrogen and oxygen atoms in total. The largest absolute Gasteiger partial charge is 0.481 e. The van der Waals surface area contributed by atoms with Crippen molar-refractivity contribution < 1.29 is 19.8 Å². The lowest BCUT2D eigenvalue weighted by molar-refractivity contribution is -0.161. The number of rotatable bonds is 4. The summed E-state index contributed by atoms with van der Waals surface area (Å²) in [6, 6.07) is 18.4. The van der Waals surface area contributed by atoms with Crippen molar-refractivity contribution in [1.29, 1.82) is 0 Å². The topological polar surface area (TPSA) is 90.7 Å². The van der Waals surface area contributed by atoms with E-state index in [-0.39, 0.29) is 31.8 Å². The van der Waals surface area contributed by atoms with E-state index >= 15 is 0 Å². The second-order valence-electron chi connectivity index (χ2n) is 7.52. The Hall–Kier alpha value is -3.25. The molecule has 2 atom stereocenters. The average Bonchev–Trinajstić information content (AvgIpc) is 2.75. The first-order chi connectivity index (χ1) is 14.0. The lowest BCUT2D eigenvalue weighted by Crippen LogP contribution is -2.57. The first kappa shape index (κ1) is 19.1. The monoisotopic (exact) mass is 390 g/mol.